The highest BCUT2D eigenvalue weighted by atomic mass is 32.2. The van der Waals surface area contributed by atoms with Crippen molar-refractivity contribution >= 4 is 22.7 Å². The van der Waals surface area contributed by atoms with E-state index in [4.69, 9.17) is 5.11 Å². The lowest BCUT2D eigenvalue weighted by molar-refractivity contribution is -0.136. The fourth-order valence-electron chi connectivity index (χ4n) is 1.38. The van der Waals surface area contributed by atoms with Crippen molar-refractivity contribution in [1.82, 2.24) is 5.32 Å². The smallest absolute Gasteiger partial charge is 0.319 e. The Bertz CT molecular complexity index is 306. The van der Waals surface area contributed by atoms with E-state index in [1.54, 1.807) is 0 Å². The maximum Gasteiger partial charge on any atom is 0.319 e. The quantitative estimate of drug-likeness (QED) is 0.715. The van der Waals surface area contributed by atoms with Gasteiger partial charge in [0, 0.05) is 16.8 Å². The molecule has 4 unspecified atom stereocenters. The van der Waals surface area contributed by atoms with Crippen molar-refractivity contribution in [3.05, 3.63) is 0 Å². The third-order valence-electron chi connectivity index (χ3n) is 2.52. The summed E-state index contributed by atoms with van der Waals surface area (Å²) in [6.45, 7) is 6.72. The van der Waals surface area contributed by atoms with Crippen molar-refractivity contribution in [2.75, 3.05) is 0 Å². The van der Waals surface area contributed by atoms with Crippen molar-refractivity contribution in [3.8, 4) is 0 Å². The van der Waals surface area contributed by atoms with Gasteiger partial charge < -0.3 is 10.4 Å². The van der Waals surface area contributed by atoms with Gasteiger partial charge in [-0.1, -0.05) is 13.3 Å². The second-order valence-electron chi connectivity index (χ2n) is 4.15. The van der Waals surface area contributed by atoms with Gasteiger partial charge in [-0.3, -0.25) is 13.8 Å². The van der Waals surface area contributed by atoms with Crippen LogP contribution in [0.2, 0.25) is 0 Å². The van der Waals surface area contributed by atoms with E-state index in [-0.39, 0.29) is 11.9 Å². The fourth-order valence-corrected chi connectivity index (χ4v) is 2.47. The van der Waals surface area contributed by atoms with E-state index in [9.17, 15) is 13.8 Å². The van der Waals surface area contributed by atoms with Crippen molar-refractivity contribution < 1.29 is 18.9 Å². The normalized spacial score (nSPS) is 17.9. The molecule has 0 saturated carbocycles. The minimum absolute atomic E-state index is 0.0204. The molecule has 0 spiro atoms. The summed E-state index contributed by atoms with van der Waals surface area (Å²) in [7, 11) is -1.70. The molecule has 0 bridgehead atoms. The largest absolute Gasteiger partial charge is 0.480 e. The molecule has 2 N–H and O–H groups in total. The van der Waals surface area contributed by atoms with Crippen LogP contribution < -0.4 is 5.32 Å². The average molecular weight is 263 g/mol. The van der Waals surface area contributed by atoms with Gasteiger partial charge in [0.2, 0.25) is 5.91 Å². The van der Waals surface area contributed by atoms with Gasteiger partial charge >= 0.3 is 5.97 Å². The Kier molecular flexibility index (Phi) is 7.03. The Labute approximate surface area is 104 Å². The molecule has 0 aromatic heterocycles. The van der Waals surface area contributed by atoms with E-state index in [1.165, 1.54) is 13.8 Å². The Hall–Kier alpha value is -0.910. The molecule has 0 aromatic carbocycles. The van der Waals surface area contributed by atoms with Gasteiger partial charge in [0.15, 0.2) is 0 Å². The van der Waals surface area contributed by atoms with E-state index >= 15 is 0 Å². The number of rotatable bonds is 7. The first kappa shape index (κ1) is 16.1. The SMILES string of the molecule is CCCC(C)NC(=O)C(C)S(=O)C(C)C(=O)O. The second-order valence-corrected chi connectivity index (χ2v) is 6.22. The summed E-state index contributed by atoms with van der Waals surface area (Å²) < 4.78 is 11.7. The van der Waals surface area contributed by atoms with E-state index < -0.39 is 27.3 Å². The van der Waals surface area contributed by atoms with Gasteiger partial charge in [0.1, 0.15) is 10.5 Å². The topological polar surface area (TPSA) is 83.5 Å². The third-order valence-corrected chi connectivity index (χ3v) is 4.33. The summed E-state index contributed by atoms with van der Waals surface area (Å²) in [4.78, 5) is 22.4. The predicted octanol–water partition coefficient (Wildman–Crippen LogP) is 0.901. The van der Waals surface area contributed by atoms with Crippen LogP contribution >= 0.6 is 0 Å². The number of carboxylic acid groups (broad SMARTS) is 1. The molecule has 0 aliphatic rings. The van der Waals surface area contributed by atoms with E-state index in [1.807, 2.05) is 13.8 Å². The maximum absolute atomic E-state index is 11.7. The van der Waals surface area contributed by atoms with Crippen LogP contribution in [0, 0.1) is 0 Å². The molecular formula is C11H21NO4S. The zero-order valence-electron chi connectivity index (χ0n) is 10.7. The Morgan fingerprint density at radius 1 is 1.24 bits per heavy atom. The van der Waals surface area contributed by atoms with Gasteiger partial charge in [-0.05, 0) is 27.2 Å². The summed E-state index contributed by atoms with van der Waals surface area (Å²) in [6, 6.07) is 0.0204. The number of aliphatic carboxylic acids is 1. The van der Waals surface area contributed by atoms with Crippen molar-refractivity contribution in [2.24, 2.45) is 0 Å². The molecule has 4 atom stereocenters. The highest BCUT2D eigenvalue weighted by Crippen LogP contribution is 2.06. The van der Waals surface area contributed by atoms with Crippen LogP contribution in [0.25, 0.3) is 0 Å². The van der Waals surface area contributed by atoms with Crippen LogP contribution in [-0.4, -0.2) is 37.7 Å². The van der Waals surface area contributed by atoms with Crippen LogP contribution in [0.5, 0.6) is 0 Å². The third kappa shape index (κ3) is 5.30. The highest BCUT2D eigenvalue weighted by molar-refractivity contribution is 7.87. The lowest BCUT2D eigenvalue weighted by Crippen LogP contribution is -2.43. The van der Waals surface area contributed by atoms with Crippen LogP contribution in [-0.2, 0) is 20.4 Å². The Morgan fingerprint density at radius 3 is 2.18 bits per heavy atom. The molecule has 100 valence electrons. The minimum atomic E-state index is -1.70. The van der Waals surface area contributed by atoms with Crippen LogP contribution in [0.1, 0.15) is 40.5 Å². The molecule has 0 aliphatic carbocycles. The van der Waals surface area contributed by atoms with Crippen molar-refractivity contribution in [2.45, 2.75) is 57.1 Å². The highest BCUT2D eigenvalue weighted by Gasteiger charge is 2.29. The number of carbonyl (C=O) groups is 2. The summed E-state index contributed by atoms with van der Waals surface area (Å²) in [5.41, 5.74) is 0. The molecule has 0 heterocycles. The lowest BCUT2D eigenvalue weighted by atomic mass is 10.2. The molecule has 6 heteroatoms. The monoisotopic (exact) mass is 263 g/mol. The molecule has 0 radical (unpaired) electrons. The van der Waals surface area contributed by atoms with Crippen LogP contribution in [0.15, 0.2) is 0 Å². The first-order valence-corrected chi connectivity index (χ1v) is 7.01. The number of amides is 1. The number of carboxylic acids is 1. The summed E-state index contributed by atoms with van der Waals surface area (Å²) in [5, 5.41) is 9.62. The number of hydrogen-bond acceptors (Lipinski definition) is 3. The molecule has 0 fully saturated rings. The van der Waals surface area contributed by atoms with E-state index in [2.05, 4.69) is 5.32 Å². The number of hydrogen-bond donors (Lipinski definition) is 2. The Balaban J connectivity index is 4.40. The molecule has 5 nitrogen and oxygen atoms in total. The molecule has 0 aliphatic heterocycles. The van der Waals surface area contributed by atoms with E-state index in [0.717, 1.165) is 12.8 Å². The first-order valence-electron chi connectivity index (χ1n) is 5.73. The minimum Gasteiger partial charge on any atom is -0.480 e. The zero-order chi connectivity index (χ0) is 13.6. The zero-order valence-corrected chi connectivity index (χ0v) is 11.5. The van der Waals surface area contributed by atoms with E-state index in [0.29, 0.717) is 0 Å². The van der Waals surface area contributed by atoms with Crippen LogP contribution in [0.4, 0.5) is 0 Å². The first-order chi connectivity index (χ1) is 7.81. The predicted molar refractivity (Wildman–Crippen MR) is 67.2 cm³/mol. The van der Waals surface area contributed by atoms with Crippen LogP contribution in [0.3, 0.4) is 0 Å². The molecule has 0 aromatic rings. The molecule has 0 saturated heterocycles. The molecular weight excluding hydrogens is 242 g/mol. The van der Waals surface area contributed by atoms with Gasteiger partial charge in [-0.15, -0.1) is 0 Å². The van der Waals surface area contributed by atoms with Gasteiger partial charge in [0.05, 0.1) is 0 Å². The number of carbonyl (C=O) groups excluding carboxylic acids is 1. The average Bonchev–Trinajstić information content (AvgIpc) is 2.25. The molecule has 1 amide bonds. The summed E-state index contributed by atoms with van der Waals surface area (Å²) in [5.74, 6) is -1.50. The van der Waals surface area contributed by atoms with Gasteiger partial charge in [-0.25, -0.2) is 0 Å². The second kappa shape index (κ2) is 7.42. The van der Waals surface area contributed by atoms with Crippen molar-refractivity contribution in [3.63, 3.8) is 0 Å². The van der Waals surface area contributed by atoms with Gasteiger partial charge in [-0.2, -0.15) is 0 Å². The summed E-state index contributed by atoms with van der Waals surface area (Å²) in [6.07, 6.45) is 1.80. The van der Waals surface area contributed by atoms with Crippen molar-refractivity contribution in [1.29, 1.82) is 0 Å². The molecule has 17 heavy (non-hydrogen) atoms. The standard InChI is InChI=1S/C11H21NO4S/c1-5-6-7(2)12-10(13)8(3)17(16)9(4)11(14)15/h7-9H,5-6H2,1-4H3,(H,12,13)(H,14,15). The fraction of sp³-hybridized carbons (Fsp3) is 0.818. The maximum atomic E-state index is 11.7. The molecule has 0 rings (SSSR count). The lowest BCUT2D eigenvalue weighted by Gasteiger charge is -2.18. The number of nitrogens with one attached hydrogen (secondary N) is 1. The summed E-state index contributed by atoms with van der Waals surface area (Å²) >= 11 is 0. The van der Waals surface area contributed by atoms with Gasteiger partial charge in [0.25, 0.3) is 0 Å². The Morgan fingerprint density at radius 2 is 1.76 bits per heavy atom.